The lowest BCUT2D eigenvalue weighted by molar-refractivity contribution is -0.272. The van der Waals surface area contributed by atoms with E-state index < -0.39 is 30.2 Å². The molecule has 166 valence electrons. The molecule has 0 amide bonds. The summed E-state index contributed by atoms with van der Waals surface area (Å²) in [6.45, 7) is 1.67. The van der Waals surface area contributed by atoms with Gasteiger partial charge in [-0.15, -0.1) is 0 Å². The Morgan fingerprint density at radius 2 is 2.00 bits per heavy atom. The first kappa shape index (κ1) is 21.7. The highest BCUT2D eigenvalue weighted by atomic mass is 19.4. The third-order valence-electron chi connectivity index (χ3n) is 6.17. The summed E-state index contributed by atoms with van der Waals surface area (Å²) in [6, 6.07) is 10.3. The standard InChI is InChI=1S/C23H20F3N3O3/c1-2-12-10-22(32,23(24,25)26)21(15-7-6-13(11-27)20(31)19(12)15)29-17-5-3-4-16-14(17)8-9-18(30)28-16/h3-9,12,21,29,31-32H,2,10H2,1H3,(H,28,30)/t12-,21+,22-/m1/s1. The average Bonchev–Trinajstić information content (AvgIpc) is 2.74. The topological polar surface area (TPSA) is 109 Å². The number of H-pyrrole nitrogens is 1. The minimum Gasteiger partial charge on any atom is -0.506 e. The number of nitrogens with one attached hydrogen (secondary N) is 2. The van der Waals surface area contributed by atoms with Gasteiger partial charge in [0.15, 0.2) is 5.60 Å². The van der Waals surface area contributed by atoms with Gasteiger partial charge in [-0.2, -0.15) is 18.4 Å². The highest BCUT2D eigenvalue weighted by Gasteiger charge is 2.62. The largest absolute Gasteiger partial charge is 0.506 e. The van der Waals surface area contributed by atoms with E-state index >= 15 is 0 Å². The molecule has 0 radical (unpaired) electrons. The van der Waals surface area contributed by atoms with Crippen LogP contribution in [0.15, 0.2) is 47.3 Å². The molecule has 0 saturated carbocycles. The predicted molar refractivity (Wildman–Crippen MR) is 112 cm³/mol. The molecule has 3 aromatic rings. The van der Waals surface area contributed by atoms with E-state index in [1.54, 1.807) is 25.1 Å². The Labute approximate surface area is 180 Å². The molecule has 1 aromatic heterocycles. The number of phenols is 1. The van der Waals surface area contributed by atoms with Crippen LogP contribution in [0.1, 0.15) is 48.4 Å². The Hall–Kier alpha value is -3.51. The Kier molecular flexibility index (Phi) is 5.13. The number of aromatic amines is 1. The van der Waals surface area contributed by atoms with Crippen LogP contribution in [0.25, 0.3) is 10.9 Å². The van der Waals surface area contributed by atoms with Gasteiger partial charge in [0.1, 0.15) is 11.8 Å². The summed E-state index contributed by atoms with van der Waals surface area (Å²) in [7, 11) is 0. The van der Waals surface area contributed by atoms with E-state index in [4.69, 9.17) is 0 Å². The number of fused-ring (bicyclic) bond motifs is 2. The average molecular weight is 443 g/mol. The van der Waals surface area contributed by atoms with Gasteiger partial charge in [0.2, 0.25) is 5.56 Å². The lowest BCUT2D eigenvalue weighted by Crippen LogP contribution is -2.55. The number of nitriles is 1. The number of aromatic nitrogens is 1. The molecule has 0 saturated heterocycles. The van der Waals surface area contributed by atoms with Crippen LogP contribution in [0.2, 0.25) is 0 Å². The van der Waals surface area contributed by atoms with Crippen molar-refractivity contribution in [2.24, 2.45) is 0 Å². The molecule has 0 fully saturated rings. The first-order chi connectivity index (χ1) is 15.1. The summed E-state index contributed by atoms with van der Waals surface area (Å²) in [4.78, 5) is 14.3. The number of nitrogens with zero attached hydrogens (tertiary/aromatic N) is 1. The van der Waals surface area contributed by atoms with Crippen molar-refractivity contribution in [1.82, 2.24) is 4.98 Å². The summed E-state index contributed by atoms with van der Waals surface area (Å²) in [5.41, 5.74) is -2.54. The predicted octanol–water partition coefficient (Wildman–Crippen LogP) is 4.45. The van der Waals surface area contributed by atoms with Crippen LogP contribution >= 0.6 is 0 Å². The fraction of sp³-hybridized carbons (Fsp3) is 0.304. The van der Waals surface area contributed by atoms with Crippen LogP contribution in [0.3, 0.4) is 0 Å². The van der Waals surface area contributed by atoms with Crippen LogP contribution in [-0.4, -0.2) is 27.0 Å². The number of anilines is 1. The Morgan fingerprint density at radius 3 is 2.66 bits per heavy atom. The zero-order chi connectivity index (χ0) is 23.3. The maximum absolute atomic E-state index is 14.2. The highest BCUT2D eigenvalue weighted by molar-refractivity contribution is 5.91. The number of halogens is 3. The van der Waals surface area contributed by atoms with Crippen LogP contribution < -0.4 is 10.9 Å². The molecule has 0 aliphatic heterocycles. The molecule has 0 bridgehead atoms. The number of pyridine rings is 1. The van der Waals surface area contributed by atoms with Crippen molar-refractivity contribution in [2.75, 3.05) is 5.32 Å². The molecule has 3 atom stereocenters. The fourth-order valence-corrected chi connectivity index (χ4v) is 4.54. The van der Waals surface area contributed by atoms with E-state index in [1.165, 1.54) is 24.3 Å². The maximum Gasteiger partial charge on any atom is 0.419 e. The van der Waals surface area contributed by atoms with Crippen molar-refractivity contribution in [3.8, 4) is 11.8 Å². The van der Waals surface area contributed by atoms with Gasteiger partial charge >= 0.3 is 6.18 Å². The first-order valence-corrected chi connectivity index (χ1v) is 10.0. The van der Waals surface area contributed by atoms with E-state index in [0.29, 0.717) is 10.9 Å². The molecule has 1 aliphatic rings. The van der Waals surface area contributed by atoms with Crippen molar-refractivity contribution in [2.45, 2.75) is 43.5 Å². The second kappa shape index (κ2) is 7.57. The number of benzene rings is 2. The molecular weight excluding hydrogens is 423 g/mol. The molecule has 0 spiro atoms. The SMILES string of the molecule is CC[C@@H]1C[C@](O)(C(F)(F)F)[C@@H](Nc2cccc3[nH]c(=O)ccc23)c2ccc(C#N)c(O)c21. The van der Waals surface area contributed by atoms with Gasteiger partial charge in [0.05, 0.1) is 17.1 Å². The van der Waals surface area contributed by atoms with Crippen LogP contribution in [0.5, 0.6) is 5.75 Å². The highest BCUT2D eigenvalue weighted by Crippen LogP contribution is 2.55. The molecule has 4 rings (SSSR count). The lowest BCUT2D eigenvalue weighted by Gasteiger charge is -2.46. The molecule has 9 heteroatoms. The summed E-state index contributed by atoms with van der Waals surface area (Å²) in [6.07, 6.45) is -5.42. The second-order valence-electron chi connectivity index (χ2n) is 7.97. The normalized spacial score (nSPS) is 22.9. The van der Waals surface area contributed by atoms with Crippen LogP contribution in [-0.2, 0) is 0 Å². The van der Waals surface area contributed by atoms with E-state index in [9.17, 15) is 33.4 Å². The summed E-state index contributed by atoms with van der Waals surface area (Å²) < 4.78 is 42.7. The molecule has 1 heterocycles. The third kappa shape index (κ3) is 3.28. The van der Waals surface area contributed by atoms with Crippen molar-refractivity contribution in [1.29, 1.82) is 5.26 Å². The van der Waals surface area contributed by atoms with Crippen molar-refractivity contribution in [3.05, 3.63) is 69.5 Å². The maximum atomic E-state index is 14.2. The summed E-state index contributed by atoms with van der Waals surface area (Å²) in [5.74, 6) is -1.16. The number of rotatable bonds is 3. The smallest absolute Gasteiger partial charge is 0.419 e. The number of aromatic hydroxyl groups is 1. The van der Waals surface area contributed by atoms with E-state index in [0.717, 1.165) is 0 Å². The lowest BCUT2D eigenvalue weighted by atomic mass is 9.68. The second-order valence-corrected chi connectivity index (χ2v) is 7.97. The van der Waals surface area contributed by atoms with Gasteiger partial charge in [0.25, 0.3) is 0 Å². The Morgan fingerprint density at radius 1 is 1.25 bits per heavy atom. The zero-order valence-electron chi connectivity index (χ0n) is 17.0. The van der Waals surface area contributed by atoms with Gasteiger partial charge in [-0.1, -0.05) is 19.1 Å². The van der Waals surface area contributed by atoms with Crippen molar-refractivity contribution in [3.63, 3.8) is 0 Å². The van der Waals surface area contributed by atoms with Crippen LogP contribution in [0.4, 0.5) is 18.9 Å². The molecule has 2 aromatic carbocycles. The molecule has 32 heavy (non-hydrogen) atoms. The number of hydrogen-bond donors (Lipinski definition) is 4. The first-order valence-electron chi connectivity index (χ1n) is 10.0. The minimum absolute atomic E-state index is 0.0406. The number of hydrogen-bond acceptors (Lipinski definition) is 5. The fourth-order valence-electron chi connectivity index (χ4n) is 4.54. The molecular formula is C23H20F3N3O3. The molecule has 6 nitrogen and oxygen atoms in total. The number of phenolic OH excluding ortho intramolecular Hbond substituents is 1. The van der Waals surface area contributed by atoms with Gasteiger partial charge in [-0.3, -0.25) is 4.79 Å². The summed E-state index contributed by atoms with van der Waals surface area (Å²) in [5, 5.41) is 34.2. The van der Waals surface area contributed by atoms with Gasteiger partial charge in [-0.25, -0.2) is 0 Å². The van der Waals surface area contributed by atoms with Crippen molar-refractivity contribution >= 4 is 16.6 Å². The van der Waals surface area contributed by atoms with Gasteiger partial charge in [0, 0.05) is 22.7 Å². The Bertz CT molecular complexity index is 1300. The number of alkyl halides is 3. The van der Waals surface area contributed by atoms with E-state index in [-0.39, 0.29) is 40.1 Å². The quantitative estimate of drug-likeness (QED) is 0.478. The molecule has 4 N–H and O–H groups in total. The molecule has 1 aliphatic carbocycles. The monoisotopic (exact) mass is 443 g/mol. The minimum atomic E-state index is -4.97. The van der Waals surface area contributed by atoms with Crippen molar-refractivity contribution < 1.29 is 23.4 Å². The Balaban J connectivity index is 1.95. The van der Waals surface area contributed by atoms with E-state index in [2.05, 4.69) is 10.3 Å². The van der Waals surface area contributed by atoms with Gasteiger partial charge in [-0.05, 0) is 48.6 Å². The molecule has 0 unspecified atom stereocenters. The number of aliphatic hydroxyl groups is 1. The van der Waals surface area contributed by atoms with Crippen LogP contribution in [0, 0.1) is 11.3 Å². The summed E-state index contributed by atoms with van der Waals surface area (Å²) >= 11 is 0. The zero-order valence-corrected chi connectivity index (χ0v) is 17.0. The van der Waals surface area contributed by atoms with Gasteiger partial charge < -0.3 is 20.5 Å². The third-order valence-corrected chi connectivity index (χ3v) is 6.17. The van der Waals surface area contributed by atoms with E-state index in [1.807, 2.05) is 6.07 Å².